The molecule has 1 saturated heterocycles. The summed E-state index contributed by atoms with van der Waals surface area (Å²) in [4.78, 5) is 29.4. The molecule has 0 bridgehead atoms. The third-order valence-corrected chi connectivity index (χ3v) is 6.32. The molecule has 0 spiro atoms. The van der Waals surface area contributed by atoms with Crippen molar-refractivity contribution in [2.45, 2.75) is 45.2 Å². The molecule has 0 aliphatic carbocycles. The third kappa shape index (κ3) is 6.31. The molecule has 2 N–H and O–H groups in total. The van der Waals surface area contributed by atoms with Crippen LogP contribution < -0.4 is 5.32 Å². The van der Waals surface area contributed by atoms with Crippen LogP contribution in [0.25, 0.3) is 0 Å². The van der Waals surface area contributed by atoms with Crippen molar-refractivity contribution in [2.24, 2.45) is 0 Å². The monoisotopic (exact) mass is 429 g/mol. The second-order valence-corrected chi connectivity index (χ2v) is 8.52. The Kier molecular flexibility index (Phi) is 8.28. The molecule has 6 nitrogen and oxygen atoms in total. The molecular weight excluding hydrogens is 398 g/mol. The number of rotatable bonds is 10. The maximum absolute atomic E-state index is 13.0. The molecular formula is C23H31N3O3S. The zero-order valence-electron chi connectivity index (χ0n) is 17.5. The molecule has 1 fully saturated rings. The number of likely N-dealkylation sites (tertiary alicyclic amines) is 1. The van der Waals surface area contributed by atoms with Crippen LogP contribution in [0.1, 0.15) is 48.5 Å². The first-order chi connectivity index (χ1) is 14.6. The van der Waals surface area contributed by atoms with Gasteiger partial charge in [-0.2, -0.15) is 11.3 Å². The number of nitrogens with zero attached hydrogens (tertiary/aromatic N) is 2. The largest absolute Gasteiger partial charge is 0.508 e. The normalized spacial score (nSPS) is 16.5. The van der Waals surface area contributed by atoms with Crippen LogP contribution in [0, 0.1) is 0 Å². The quantitative estimate of drug-likeness (QED) is 0.567. The number of hydrogen-bond acceptors (Lipinski definition) is 5. The summed E-state index contributed by atoms with van der Waals surface area (Å²) in [5.74, 6) is 0.246. The summed E-state index contributed by atoms with van der Waals surface area (Å²) in [6.45, 7) is 6.00. The van der Waals surface area contributed by atoms with Gasteiger partial charge in [0.05, 0.1) is 0 Å². The SMILES string of the molecule is CCN1CCC[C@@H]1CN(Cc1ccc(O)cc1)C(=O)CCCNC(=O)c1ccsc1. The van der Waals surface area contributed by atoms with E-state index in [2.05, 4.69) is 17.1 Å². The van der Waals surface area contributed by atoms with E-state index in [-0.39, 0.29) is 17.6 Å². The lowest BCUT2D eigenvalue weighted by Gasteiger charge is -2.30. The summed E-state index contributed by atoms with van der Waals surface area (Å²) in [6, 6.07) is 9.24. The lowest BCUT2D eigenvalue weighted by molar-refractivity contribution is -0.132. The smallest absolute Gasteiger partial charge is 0.252 e. The van der Waals surface area contributed by atoms with Gasteiger partial charge in [0.25, 0.3) is 5.91 Å². The first-order valence-corrected chi connectivity index (χ1v) is 11.6. The van der Waals surface area contributed by atoms with Crippen molar-refractivity contribution >= 4 is 23.2 Å². The van der Waals surface area contributed by atoms with Crippen LogP contribution in [-0.2, 0) is 11.3 Å². The molecule has 1 atom stereocenters. The number of benzene rings is 1. The predicted molar refractivity (Wildman–Crippen MR) is 120 cm³/mol. The predicted octanol–water partition coefficient (Wildman–Crippen LogP) is 3.48. The Morgan fingerprint density at radius 1 is 1.27 bits per heavy atom. The molecule has 0 radical (unpaired) electrons. The minimum Gasteiger partial charge on any atom is -0.508 e. The van der Waals surface area contributed by atoms with Gasteiger partial charge < -0.3 is 15.3 Å². The van der Waals surface area contributed by atoms with E-state index in [1.807, 2.05) is 27.8 Å². The third-order valence-electron chi connectivity index (χ3n) is 5.64. The van der Waals surface area contributed by atoms with Gasteiger partial charge in [-0.15, -0.1) is 0 Å². The van der Waals surface area contributed by atoms with Gasteiger partial charge in [0.1, 0.15) is 5.75 Å². The fourth-order valence-electron chi connectivity index (χ4n) is 3.94. The van der Waals surface area contributed by atoms with E-state index in [0.29, 0.717) is 37.5 Å². The molecule has 1 aliphatic heterocycles. The van der Waals surface area contributed by atoms with Gasteiger partial charge in [-0.05, 0) is 61.5 Å². The number of nitrogens with one attached hydrogen (secondary N) is 1. The van der Waals surface area contributed by atoms with E-state index in [4.69, 9.17) is 0 Å². The molecule has 1 aliphatic rings. The average molecular weight is 430 g/mol. The standard InChI is InChI=1S/C23H31N3O3S/c1-2-25-13-4-5-20(25)16-26(15-18-7-9-21(27)10-8-18)22(28)6-3-12-24-23(29)19-11-14-30-17-19/h7-11,14,17,20,27H,2-6,12-13,15-16H2,1H3,(H,24,29)/t20-/m1/s1. The van der Waals surface area contributed by atoms with Crippen molar-refractivity contribution in [3.63, 3.8) is 0 Å². The zero-order valence-corrected chi connectivity index (χ0v) is 18.4. The highest BCUT2D eigenvalue weighted by Gasteiger charge is 2.27. The number of aromatic hydroxyl groups is 1. The second-order valence-electron chi connectivity index (χ2n) is 7.74. The molecule has 30 heavy (non-hydrogen) atoms. The first-order valence-electron chi connectivity index (χ1n) is 10.7. The van der Waals surface area contributed by atoms with Crippen LogP contribution >= 0.6 is 11.3 Å². The molecule has 1 aromatic heterocycles. The molecule has 2 amide bonds. The maximum atomic E-state index is 13.0. The Morgan fingerprint density at radius 2 is 2.07 bits per heavy atom. The number of likely N-dealkylation sites (N-methyl/N-ethyl adjacent to an activating group) is 1. The summed E-state index contributed by atoms with van der Waals surface area (Å²) in [6.07, 6.45) is 3.31. The molecule has 162 valence electrons. The maximum Gasteiger partial charge on any atom is 0.252 e. The van der Waals surface area contributed by atoms with Gasteiger partial charge in [-0.25, -0.2) is 0 Å². The lowest BCUT2D eigenvalue weighted by atomic mass is 10.1. The summed E-state index contributed by atoms with van der Waals surface area (Å²) in [5, 5.41) is 16.1. The minimum atomic E-state index is -0.0887. The van der Waals surface area contributed by atoms with E-state index >= 15 is 0 Å². The van der Waals surface area contributed by atoms with E-state index in [1.165, 1.54) is 17.8 Å². The summed E-state index contributed by atoms with van der Waals surface area (Å²) < 4.78 is 0. The first kappa shape index (κ1) is 22.3. The molecule has 3 rings (SSSR count). The van der Waals surface area contributed by atoms with Crippen LogP contribution in [0.15, 0.2) is 41.1 Å². The van der Waals surface area contributed by atoms with E-state index in [0.717, 1.165) is 31.6 Å². The highest BCUT2D eigenvalue weighted by Crippen LogP contribution is 2.20. The number of phenolic OH excluding ortho intramolecular Hbond substituents is 1. The highest BCUT2D eigenvalue weighted by atomic mass is 32.1. The van der Waals surface area contributed by atoms with E-state index in [1.54, 1.807) is 18.2 Å². The molecule has 1 aromatic carbocycles. The number of phenols is 1. The van der Waals surface area contributed by atoms with Crippen molar-refractivity contribution in [1.29, 1.82) is 0 Å². The minimum absolute atomic E-state index is 0.0887. The van der Waals surface area contributed by atoms with Crippen LogP contribution in [0.3, 0.4) is 0 Å². The van der Waals surface area contributed by atoms with Crippen molar-refractivity contribution in [3.8, 4) is 5.75 Å². The number of carbonyl (C=O) groups excluding carboxylic acids is 2. The zero-order chi connectivity index (χ0) is 21.3. The summed E-state index contributed by atoms with van der Waals surface area (Å²) in [7, 11) is 0. The molecule has 7 heteroatoms. The van der Waals surface area contributed by atoms with E-state index in [9.17, 15) is 14.7 Å². The highest BCUT2D eigenvalue weighted by molar-refractivity contribution is 7.08. The Labute approximate surface area is 182 Å². The number of amides is 2. The Bertz CT molecular complexity index is 808. The Hall–Kier alpha value is -2.38. The van der Waals surface area contributed by atoms with Crippen LogP contribution in [0.2, 0.25) is 0 Å². The molecule has 2 aromatic rings. The van der Waals surface area contributed by atoms with Gasteiger partial charge in [0, 0.05) is 43.0 Å². The Balaban J connectivity index is 1.54. The van der Waals surface area contributed by atoms with Crippen molar-refractivity contribution in [2.75, 3.05) is 26.2 Å². The second kappa shape index (κ2) is 11.1. The van der Waals surface area contributed by atoms with Gasteiger partial charge in [0.15, 0.2) is 0 Å². The fraction of sp³-hybridized carbons (Fsp3) is 0.478. The van der Waals surface area contributed by atoms with Crippen LogP contribution in [-0.4, -0.2) is 58.9 Å². The van der Waals surface area contributed by atoms with Gasteiger partial charge >= 0.3 is 0 Å². The van der Waals surface area contributed by atoms with Crippen molar-refractivity contribution in [3.05, 3.63) is 52.2 Å². The lowest BCUT2D eigenvalue weighted by Crippen LogP contribution is -2.42. The van der Waals surface area contributed by atoms with Crippen LogP contribution in [0.5, 0.6) is 5.75 Å². The van der Waals surface area contributed by atoms with Crippen LogP contribution in [0.4, 0.5) is 0 Å². The fourth-order valence-corrected chi connectivity index (χ4v) is 4.58. The number of thiophene rings is 1. The number of carbonyl (C=O) groups is 2. The topological polar surface area (TPSA) is 72.9 Å². The molecule has 0 saturated carbocycles. The van der Waals surface area contributed by atoms with Gasteiger partial charge in [-0.3, -0.25) is 14.5 Å². The van der Waals surface area contributed by atoms with Crippen molar-refractivity contribution in [1.82, 2.24) is 15.1 Å². The number of hydrogen-bond donors (Lipinski definition) is 2. The summed E-state index contributed by atoms with van der Waals surface area (Å²) >= 11 is 1.49. The van der Waals surface area contributed by atoms with Crippen molar-refractivity contribution < 1.29 is 14.7 Å². The summed E-state index contributed by atoms with van der Waals surface area (Å²) in [5.41, 5.74) is 1.68. The van der Waals surface area contributed by atoms with E-state index < -0.39 is 0 Å². The average Bonchev–Trinajstić information content (AvgIpc) is 3.44. The molecule has 0 unspecified atom stereocenters. The van der Waals surface area contributed by atoms with Gasteiger partial charge in [0.2, 0.25) is 5.91 Å². The molecule has 2 heterocycles. The Morgan fingerprint density at radius 3 is 2.77 bits per heavy atom. The van der Waals surface area contributed by atoms with Gasteiger partial charge in [-0.1, -0.05) is 19.1 Å².